The maximum atomic E-state index is 13.1. The summed E-state index contributed by atoms with van der Waals surface area (Å²) in [5.41, 5.74) is 5.48. The predicted octanol–water partition coefficient (Wildman–Crippen LogP) is 4.96. The summed E-state index contributed by atoms with van der Waals surface area (Å²) in [7, 11) is -2.40. The second-order valence-corrected chi connectivity index (χ2v) is 10.3. The first-order valence-electron chi connectivity index (χ1n) is 11.3. The highest BCUT2D eigenvalue weighted by atomic mass is 32.2. The molecule has 0 unspecified atom stereocenters. The molecule has 3 aromatic carbocycles. The fourth-order valence-electron chi connectivity index (χ4n) is 3.72. The zero-order chi connectivity index (χ0) is 26.0. The van der Waals surface area contributed by atoms with E-state index in [1.807, 2.05) is 51.1 Å². The van der Waals surface area contributed by atoms with E-state index in [0.717, 1.165) is 22.4 Å². The smallest absolute Gasteiger partial charge is 0.280 e. The highest BCUT2D eigenvalue weighted by molar-refractivity contribution is 7.92. The maximum absolute atomic E-state index is 13.1. The van der Waals surface area contributed by atoms with Crippen LogP contribution >= 0.6 is 0 Å². The van der Waals surface area contributed by atoms with Gasteiger partial charge in [0.25, 0.3) is 15.6 Å². The molecular weight excluding hydrogens is 476 g/mol. The number of aryl methyl sites for hydroxylation is 4. The number of hydrogen-bond acceptors (Lipinski definition) is 5. The number of para-hydroxylation sites is 1. The minimum atomic E-state index is -3.84. The molecule has 0 aliphatic heterocycles. The minimum absolute atomic E-state index is 0.0384. The first-order valence-corrected chi connectivity index (χ1v) is 12.8. The van der Waals surface area contributed by atoms with E-state index >= 15 is 0 Å². The number of aromatic amines is 1. The number of methoxy groups -OCH3 is 1. The molecule has 2 N–H and O–H groups in total. The summed E-state index contributed by atoms with van der Waals surface area (Å²) >= 11 is 0. The van der Waals surface area contributed by atoms with Crippen molar-refractivity contribution in [3.05, 3.63) is 99.0 Å². The first-order chi connectivity index (χ1) is 17.1. The van der Waals surface area contributed by atoms with E-state index in [2.05, 4.69) is 14.8 Å². The van der Waals surface area contributed by atoms with Gasteiger partial charge in [0.15, 0.2) is 0 Å². The number of aliphatic imine (C=N–C) groups is 1. The van der Waals surface area contributed by atoms with Crippen LogP contribution in [0.15, 0.2) is 75.3 Å². The molecule has 0 spiro atoms. The van der Waals surface area contributed by atoms with Gasteiger partial charge >= 0.3 is 0 Å². The second kappa shape index (κ2) is 9.87. The monoisotopic (exact) mass is 504 g/mol. The number of H-pyrrole nitrogens is 1. The lowest BCUT2D eigenvalue weighted by molar-refractivity contribution is 0.415. The van der Waals surface area contributed by atoms with Gasteiger partial charge in [0.2, 0.25) is 0 Å². The third-order valence-electron chi connectivity index (χ3n) is 6.05. The number of rotatable bonds is 7. The van der Waals surface area contributed by atoms with Crippen LogP contribution in [-0.4, -0.2) is 31.5 Å². The third kappa shape index (κ3) is 4.96. The molecule has 36 heavy (non-hydrogen) atoms. The number of hydrogen-bond donors (Lipinski definition) is 2. The molecular formula is C27H28N4O4S. The molecule has 8 nitrogen and oxygen atoms in total. The normalized spacial score (nSPS) is 11.7. The largest absolute Gasteiger partial charge is 0.494 e. The van der Waals surface area contributed by atoms with E-state index in [4.69, 9.17) is 4.74 Å². The highest BCUT2D eigenvalue weighted by Gasteiger charge is 2.18. The molecule has 186 valence electrons. The average molecular weight is 505 g/mol. The van der Waals surface area contributed by atoms with Gasteiger partial charge in [-0.1, -0.05) is 24.3 Å². The number of ether oxygens (including phenoxy) is 1. The number of nitrogens with zero attached hydrogens (tertiary/aromatic N) is 2. The molecule has 0 atom stereocenters. The lowest BCUT2D eigenvalue weighted by atomic mass is 10.1. The predicted molar refractivity (Wildman–Crippen MR) is 143 cm³/mol. The van der Waals surface area contributed by atoms with Crippen LogP contribution in [0.3, 0.4) is 0 Å². The van der Waals surface area contributed by atoms with Crippen molar-refractivity contribution in [1.82, 2.24) is 9.78 Å². The number of sulfonamides is 1. The summed E-state index contributed by atoms with van der Waals surface area (Å²) in [5.74, 6) is 0.265. The fourth-order valence-corrected chi connectivity index (χ4v) is 4.86. The molecule has 1 heterocycles. The second-order valence-electron chi connectivity index (χ2n) is 8.57. The molecule has 0 fully saturated rings. The Labute approximate surface area is 210 Å². The molecule has 4 aromatic rings. The Bertz CT molecular complexity index is 1630. The molecule has 0 saturated carbocycles. The minimum Gasteiger partial charge on any atom is -0.494 e. The zero-order valence-corrected chi connectivity index (χ0v) is 21.6. The molecule has 4 rings (SSSR count). The maximum Gasteiger partial charge on any atom is 0.280 e. The highest BCUT2D eigenvalue weighted by Crippen LogP contribution is 2.31. The van der Waals surface area contributed by atoms with Crippen molar-refractivity contribution in [3.63, 3.8) is 0 Å². The zero-order valence-electron chi connectivity index (χ0n) is 20.8. The average Bonchev–Trinajstić information content (AvgIpc) is 3.13. The van der Waals surface area contributed by atoms with Crippen molar-refractivity contribution in [1.29, 1.82) is 0 Å². The Hall–Kier alpha value is -4.11. The van der Waals surface area contributed by atoms with Crippen molar-refractivity contribution in [2.24, 2.45) is 4.99 Å². The third-order valence-corrected chi connectivity index (χ3v) is 7.41. The van der Waals surface area contributed by atoms with Crippen LogP contribution in [0.25, 0.3) is 5.69 Å². The van der Waals surface area contributed by atoms with Crippen LogP contribution in [0, 0.1) is 27.7 Å². The van der Waals surface area contributed by atoms with E-state index in [0.29, 0.717) is 22.6 Å². The van der Waals surface area contributed by atoms with Gasteiger partial charge in [-0.2, -0.15) is 0 Å². The summed E-state index contributed by atoms with van der Waals surface area (Å²) in [4.78, 5) is 17.5. The van der Waals surface area contributed by atoms with E-state index in [9.17, 15) is 13.2 Å². The molecule has 1 aromatic heterocycles. The summed E-state index contributed by atoms with van der Waals surface area (Å²) in [5, 5.41) is 3.09. The Kier molecular flexibility index (Phi) is 6.85. The van der Waals surface area contributed by atoms with Crippen LogP contribution in [0.5, 0.6) is 5.75 Å². The number of nitrogens with one attached hydrogen (secondary N) is 2. The Morgan fingerprint density at radius 1 is 0.944 bits per heavy atom. The van der Waals surface area contributed by atoms with E-state index in [1.165, 1.54) is 30.1 Å². The summed E-state index contributed by atoms with van der Waals surface area (Å²) < 4.78 is 35.3. The standard InChI is InChI=1S/C27H28N4O4S/c1-17-10-11-21(14-19(17)3)31-27(32)23(20(4)29-31)16-28-25-13-12-22(15-26(25)35-5)36(33,34)30-24-9-7-6-8-18(24)2/h6-16,29-30H,1-5H3. The van der Waals surface area contributed by atoms with Gasteiger partial charge in [-0.25, -0.2) is 13.1 Å². The van der Waals surface area contributed by atoms with Gasteiger partial charge in [-0.05, 0) is 74.7 Å². The van der Waals surface area contributed by atoms with E-state index in [1.54, 1.807) is 25.1 Å². The summed E-state index contributed by atoms with van der Waals surface area (Å²) in [6.07, 6.45) is 1.46. The Morgan fingerprint density at radius 2 is 1.69 bits per heavy atom. The van der Waals surface area contributed by atoms with Gasteiger partial charge in [0.05, 0.1) is 28.9 Å². The van der Waals surface area contributed by atoms with Crippen molar-refractivity contribution in [2.75, 3.05) is 11.8 Å². The molecule has 0 saturated heterocycles. The Balaban J connectivity index is 1.64. The van der Waals surface area contributed by atoms with Gasteiger partial charge < -0.3 is 4.74 Å². The van der Waals surface area contributed by atoms with Crippen LogP contribution < -0.4 is 15.0 Å². The topological polar surface area (TPSA) is 106 Å². The number of benzene rings is 3. The lowest BCUT2D eigenvalue weighted by Gasteiger charge is -2.12. The number of anilines is 1. The molecule has 0 amide bonds. The molecule has 0 aliphatic rings. The van der Waals surface area contributed by atoms with Crippen LogP contribution in [0.4, 0.5) is 11.4 Å². The van der Waals surface area contributed by atoms with Crippen LogP contribution in [0.1, 0.15) is 27.9 Å². The van der Waals surface area contributed by atoms with Crippen molar-refractivity contribution in [2.45, 2.75) is 32.6 Å². The first kappa shape index (κ1) is 25.0. The van der Waals surface area contributed by atoms with Gasteiger partial charge in [0, 0.05) is 18.0 Å². The molecule has 0 radical (unpaired) electrons. The van der Waals surface area contributed by atoms with Crippen LogP contribution in [0.2, 0.25) is 0 Å². The van der Waals surface area contributed by atoms with Crippen LogP contribution in [-0.2, 0) is 10.0 Å². The quantitative estimate of drug-likeness (QED) is 0.347. The van der Waals surface area contributed by atoms with Crippen molar-refractivity contribution in [3.8, 4) is 11.4 Å². The van der Waals surface area contributed by atoms with Gasteiger partial charge in [-0.3, -0.25) is 19.6 Å². The lowest BCUT2D eigenvalue weighted by Crippen LogP contribution is -2.17. The number of aromatic nitrogens is 2. The summed E-state index contributed by atoms with van der Waals surface area (Å²) in [6, 6.07) is 17.3. The van der Waals surface area contributed by atoms with Crippen molar-refractivity contribution >= 4 is 27.6 Å². The Morgan fingerprint density at radius 3 is 2.39 bits per heavy atom. The van der Waals surface area contributed by atoms with Gasteiger partial charge in [0.1, 0.15) is 11.4 Å². The molecule has 0 aliphatic carbocycles. The molecule has 9 heteroatoms. The van der Waals surface area contributed by atoms with Gasteiger partial charge in [-0.15, -0.1) is 0 Å². The SMILES string of the molecule is COc1cc(S(=O)(=O)Nc2ccccc2C)ccc1N=Cc1c(C)[nH]n(-c2ccc(C)c(C)c2)c1=O. The van der Waals surface area contributed by atoms with Crippen molar-refractivity contribution < 1.29 is 13.2 Å². The fraction of sp³-hybridized carbons (Fsp3) is 0.185. The van der Waals surface area contributed by atoms with E-state index in [-0.39, 0.29) is 16.2 Å². The summed E-state index contributed by atoms with van der Waals surface area (Å²) in [6.45, 7) is 7.63. The van der Waals surface area contributed by atoms with E-state index < -0.39 is 10.0 Å². The molecule has 0 bridgehead atoms.